The van der Waals surface area contributed by atoms with Gasteiger partial charge in [-0.1, -0.05) is 18.2 Å². The van der Waals surface area contributed by atoms with Crippen molar-refractivity contribution in [2.45, 2.75) is 0 Å². The molecule has 3 aromatic rings. The molecule has 0 amide bonds. The summed E-state index contributed by atoms with van der Waals surface area (Å²) in [4.78, 5) is 21.2. The van der Waals surface area contributed by atoms with E-state index >= 15 is 0 Å². The van der Waals surface area contributed by atoms with E-state index in [2.05, 4.69) is 15.0 Å². The van der Waals surface area contributed by atoms with Crippen LogP contribution in [-0.2, 0) is 0 Å². The lowest BCUT2D eigenvalue weighted by Gasteiger charge is -2.06. The number of aromatic amines is 1. The summed E-state index contributed by atoms with van der Waals surface area (Å²) in [7, 11) is 0. The fourth-order valence-electron chi connectivity index (χ4n) is 1.90. The quantitative estimate of drug-likeness (QED) is 0.710. The van der Waals surface area contributed by atoms with Gasteiger partial charge in [-0.3, -0.25) is 4.98 Å². The van der Waals surface area contributed by atoms with Crippen LogP contribution >= 0.6 is 0 Å². The molecule has 0 saturated carbocycles. The summed E-state index contributed by atoms with van der Waals surface area (Å²) in [5.74, 6) is -0.564. The molecule has 3 rings (SSSR count). The van der Waals surface area contributed by atoms with Gasteiger partial charge < -0.3 is 4.98 Å². The first-order chi connectivity index (χ1) is 8.75. The van der Waals surface area contributed by atoms with E-state index in [-0.39, 0.29) is 5.69 Å². The molecule has 5 heteroatoms. The largest absolute Gasteiger partial charge is 0.345 e. The van der Waals surface area contributed by atoms with Crippen LogP contribution in [0.3, 0.4) is 0 Å². The molecular weight excluding hydrogens is 233 g/mol. The molecule has 0 bridgehead atoms. The highest BCUT2D eigenvalue weighted by Crippen LogP contribution is 2.26. The van der Waals surface area contributed by atoms with E-state index in [1.165, 1.54) is 0 Å². The zero-order valence-corrected chi connectivity index (χ0v) is 9.22. The van der Waals surface area contributed by atoms with E-state index in [1.54, 1.807) is 24.4 Å². The highest BCUT2D eigenvalue weighted by molar-refractivity contribution is 5.93. The van der Waals surface area contributed by atoms with Crippen molar-refractivity contribution in [2.75, 3.05) is 0 Å². The number of hydrogen-bond acceptors (Lipinski definition) is 3. The summed E-state index contributed by atoms with van der Waals surface area (Å²) >= 11 is 0. The lowest BCUT2D eigenvalue weighted by atomic mass is 10.1. The minimum atomic E-state index is -0.577. The number of aromatic nitrogens is 3. The van der Waals surface area contributed by atoms with E-state index in [1.807, 2.05) is 12.1 Å². The smallest absolute Gasteiger partial charge is 0.303 e. The minimum Gasteiger partial charge on any atom is -0.303 e. The summed E-state index contributed by atoms with van der Waals surface area (Å²) in [6.07, 6.45) is 2.58. The molecule has 0 aliphatic carbocycles. The molecule has 0 atom stereocenters. The van der Waals surface area contributed by atoms with Gasteiger partial charge in [0.15, 0.2) is 5.82 Å². The minimum absolute atomic E-state index is 0.133. The second kappa shape index (κ2) is 4.03. The number of fused-ring (bicyclic) bond motifs is 1. The molecule has 1 aromatic carbocycles. The number of nitrogens with one attached hydrogen (secondary N) is 1. The molecule has 88 valence electrons. The van der Waals surface area contributed by atoms with Gasteiger partial charge in [-0.2, -0.15) is 4.98 Å². The van der Waals surface area contributed by atoms with Crippen LogP contribution in [0, 0.1) is 5.82 Å². The van der Waals surface area contributed by atoms with Crippen LogP contribution in [0.5, 0.6) is 0 Å². The van der Waals surface area contributed by atoms with Crippen LogP contribution in [0.25, 0.3) is 22.2 Å². The molecule has 0 saturated heterocycles. The molecule has 0 radical (unpaired) electrons. The highest BCUT2D eigenvalue weighted by Gasteiger charge is 2.10. The fraction of sp³-hybridized carbons (Fsp3) is 0. The van der Waals surface area contributed by atoms with Crippen molar-refractivity contribution in [3.05, 3.63) is 59.0 Å². The number of benzene rings is 1. The molecule has 0 aliphatic rings. The average molecular weight is 241 g/mol. The van der Waals surface area contributed by atoms with Crippen LogP contribution in [0.4, 0.5) is 4.39 Å². The Kier molecular flexibility index (Phi) is 2.37. The van der Waals surface area contributed by atoms with Crippen LogP contribution < -0.4 is 5.69 Å². The summed E-state index contributed by atoms with van der Waals surface area (Å²) in [6, 6.07) is 8.93. The van der Waals surface area contributed by atoms with Gasteiger partial charge in [0.2, 0.25) is 0 Å². The number of H-pyrrole nitrogens is 1. The number of rotatable bonds is 1. The van der Waals surface area contributed by atoms with Crippen LogP contribution in [-0.4, -0.2) is 15.0 Å². The number of nitrogens with zero attached hydrogens (tertiary/aromatic N) is 2. The Bertz CT molecular complexity index is 777. The van der Waals surface area contributed by atoms with E-state index < -0.39 is 11.5 Å². The number of halogens is 1. The Morgan fingerprint density at radius 1 is 1.11 bits per heavy atom. The molecule has 0 unspecified atom stereocenters. The molecule has 0 aliphatic heterocycles. The first-order valence-corrected chi connectivity index (χ1v) is 5.34. The van der Waals surface area contributed by atoms with Crippen molar-refractivity contribution in [1.29, 1.82) is 0 Å². The predicted octanol–water partition coefficient (Wildman–Crippen LogP) is 2.12. The Morgan fingerprint density at radius 3 is 2.89 bits per heavy atom. The Labute approximate surface area is 101 Å². The van der Waals surface area contributed by atoms with Crippen LogP contribution in [0.2, 0.25) is 0 Å². The second-order valence-corrected chi connectivity index (χ2v) is 3.79. The van der Waals surface area contributed by atoms with Gasteiger partial charge >= 0.3 is 5.69 Å². The van der Waals surface area contributed by atoms with Crippen molar-refractivity contribution in [3.8, 4) is 11.3 Å². The molecule has 1 N–H and O–H groups in total. The van der Waals surface area contributed by atoms with Crippen molar-refractivity contribution >= 4 is 10.9 Å². The van der Waals surface area contributed by atoms with Crippen molar-refractivity contribution in [2.24, 2.45) is 0 Å². The van der Waals surface area contributed by atoms with E-state index in [0.29, 0.717) is 5.56 Å². The van der Waals surface area contributed by atoms with Crippen molar-refractivity contribution in [1.82, 2.24) is 15.0 Å². The zero-order valence-electron chi connectivity index (χ0n) is 9.22. The Balaban J connectivity index is 2.38. The first kappa shape index (κ1) is 10.6. The molecular formula is C13H8FN3O. The van der Waals surface area contributed by atoms with Gasteiger partial charge in [-0.25, -0.2) is 9.18 Å². The van der Waals surface area contributed by atoms with Crippen molar-refractivity contribution < 1.29 is 4.39 Å². The topological polar surface area (TPSA) is 58.6 Å². The predicted molar refractivity (Wildman–Crippen MR) is 65.6 cm³/mol. The van der Waals surface area contributed by atoms with Crippen LogP contribution in [0.1, 0.15) is 0 Å². The number of hydrogen-bond donors (Lipinski definition) is 1. The second-order valence-electron chi connectivity index (χ2n) is 3.79. The maximum Gasteiger partial charge on any atom is 0.345 e. The SMILES string of the molecule is O=c1ncc(F)c(-c2cccc3ncccc23)[nH]1. The Morgan fingerprint density at radius 2 is 2.00 bits per heavy atom. The summed E-state index contributed by atoms with van der Waals surface area (Å²) in [5, 5.41) is 0.778. The van der Waals surface area contributed by atoms with Gasteiger partial charge in [-0.15, -0.1) is 0 Å². The van der Waals surface area contributed by atoms with Gasteiger partial charge in [0.05, 0.1) is 17.4 Å². The van der Waals surface area contributed by atoms with Gasteiger partial charge in [-0.05, 0) is 12.1 Å². The maximum absolute atomic E-state index is 13.7. The summed E-state index contributed by atoms with van der Waals surface area (Å²) in [6.45, 7) is 0. The third kappa shape index (κ3) is 1.66. The lowest BCUT2D eigenvalue weighted by Crippen LogP contribution is -2.11. The zero-order chi connectivity index (χ0) is 12.5. The Hall–Kier alpha value is -2.56. The molecule has 0 fully saturated rings. The van der Waals surface area contributed by atoms with Crippen LogP contribution in [0.15, 0.2) is 47.5 Å². The molecule has 0 spiro atoms. The fourth-order valence-corrected chi connectivity index (χ4v) is 1.90. The maximum atomic E-state index is 13.7. The monoisotopic (exact) mass is 241 g/mol. The van der Waals surface area contributed by atoms with Gasteiger partial charge in [0, 0.05) is 17.1 Å². The third-order valence-electron chi connectivity index (χ3n) is 2.68. The van der Waals surface area contributed by atoms with Gasteiger partial charge in [0.1, 0.15) is 0 Å². The normalized spacial score (nSPS) is 10.7. The summed E-state index contributed by atoms with van der Waals surface area (Å²) < 4.78 is 13.7. The third-order valence-corrected chi connectivity index (χ3v) is 2.68. The molecule has 2 heterocycles. The summed E-state index contributed by atoms with van der Waals surface area (Å²) in [5.41, 5.74) is 0.894. The lowest BCUT2D eigenvalue weighted by molar-refractivity contribution is 0.615. The van der Waals surface area contributed by atoms with E-state index in [4.69, 9.17) is 0 Å². The van der Waals surface area contributed by atoms with Crippen molar-refractivity contribution in [3.63, 3.8) is 0 Å². The van der Waals surface area contributed by atoms with Gasteiger partial charge in [0.25, 0.3) is 0 Å². The van der Waals surface area contributed by atoms with E-state index in [0.717, 1.165) is 17.1 Å². The molecule has 4 nitrogen and oxygen atoms in total. The average Bonchev–Trinajstić information content (AvgIpc) is 2.41. The first-order valence-electron chi connectivity index (χ1n) is 5.34. The number of pyridine rings is 1. The molecule has 18 heavy (non-hydrogen) atoms. The highest BCUT2D eigenvalue weighted by atomic mass is 19.1. The molecule has 2 aromatic heterocycles. The standard InChI is InChI=1S/C13H8FN3O/c14-10-7-16-13(18)17-12(10)9-3-1-5-11-8(9)4-2-6-15-11/h1-7H,(H,16,17,18). The van der Waals surface area contributed by atoms with E-state index in [9.17, 15) is 9.18 Å².